The van der Waals surface area contributed by atoms with Crippen LogP contribution in [0.4, 0.5) is 11.4 Å². The average Bonchev–Trinajstić information content (AvgIpc) is 2.54. The van der Waals surface area contributed by atoms with Gasteiger partial charge in [-0.2, -0.15) is 0 Å². The van der Waals surface area contributed by atoms with E-state index in [-0.39, 0.29) is 5.91 Å². The number of carbonyl (C=O) groups is 1. The summed E-state index contributed by atoms with van der Waals surface area (Å²) < 4.78 is 6.02. The summed E-state index contributed by atoms with van der Waals surface area (Å²) in [5, 5.41) is 0. The molecule has 0 radical (unpaired) electrons. The van der Waals surface area contributed by atoms with Crippen LogP contribution in [0.5, 0.6) is 5.75 Å². The molecule has 2 aromatic carbocycles. The zero-order valence-electron chi connectivity index (χ0n) is 14.5. The fourth-order valence-corrected chi connectivity index (χ4v) is 3.20. The minimum Gasteiger partial charge on any atom is -0.478 e. The van der Waals surface area contributed by atoms with Gasteiger partial charge in [-0.15, -0.1) is 0 Å². The van der Waals surface area contributed by atoms with Gasteiger partial charge >= 0.3 is 0 Å². The van der Waals surface area contributed by atoms with Crippen LogP contribution in [0.1, 0.15) is 30.0 Å². The van der Waals surface area contributed by atoms with Gasteiger partial charge in [-0.25, -0.2) is 0 Å². The highest BCUT2D eigenvalue weighted by Crippen LogP contribution is 2.36. The predicted molar refractivity (Wildman–Crippen MR) is 97.5 cm³/mol. The van der Waals surface area contributed by atoms with Crippen LogP contribution in [-0.2, 0) is 11.2 Å². The first kappa shape index (κ1) is 16.4. The lowest BCUT2D eigenvalue weighted by molar-refractivity contribution is -0.126. The molecule has 0 saturated heterocycles. The van der Waals surface area contributed by atoms with E-state index in [0.717, 1.165) is 23.4 Å². The fourth-order valence-electron chi connectivity index (χ4n) is 3.20. The average molecular weight is 324 g/mol. The molecule has 4 nitrogen and oxygen atoms in total. The van der Waals surface area contributed by atoms with Crippen LogP contribution >= 0.6 is 0 Å². The Morgan fingerprint density at radius 3 is 2.67 bits per heavy atom. The van der Waals surface area contributed by atoms with Crippen molar-refractivity contribution in [2.75, 3.05) is 17.2 Å². The molecular formula is C20H24N2O2. The Balaban J connectivity index is 1.92. The molecule has 24 heavy (non-hydrogen) atoms. The highest BCUT2D eigenvalue weighted by Gasteiger charge is 2.34. The summed E-state index contributed by atoms with van der Waals surface area (Å²) in [5.74, 6) is 0.738. The Kier molecular flexibility index (Phi) is 4.47. The standard InChI is InChI=1S/C20H24N2O2/c1-4-9-22-17-12-16(21)7-8-18(17)24-19(20(22)23)11-15-6-5-13(2)10-14(15)3/h5-8,10,12,19H,4,9,11,21H2,1-3H3. The molecule has 126 valence electrons. The monoisotopic (exact) mass is 324 g/mol. The molecule has 0 aromatic heterocycles. The Labute approximate surface area is 143 Å². The first-order chi connectivity index (χ1) is 11.5. The molecule has 4 heteroatoms. The number of nitrogens with two attached hydrogens (primary N) is 1. The van der Waals surface area contributed by atoms with Crippen LogP contribution in [-0.4, -0.2) is 18.6 Å². The van der Waals surface area contributed by atoms with Crippen molar-refractivity contribution in [3.63, 3.8) is 0 Å². The number of hydrogen-bond donors (Lipinski definition) is 1. The molecule has 0 saturated carbocycles. The minimum atomic E-state index is -0.492. The van der Waals surface area contributed by atoms with Crippen LogP contribution in [0.15, 0.2) is 36.4 Å². The summed E-state index contributed by atoms with van der Waals surface area (Å²) in [7, 11) is 0. The lowest BCUT2D eigenvalue weighted by atomic mass is 9.98. The predicted octanol–water partition coefficient (Wildman–Crippen LogP) is 3.63. The molecule has 1 aliphatic heterocycles. The van der Waals surface area contributed by atoms with E-state index in [1.165, 1.54) is 11.1 Å². The van der Waals surface area contributed by atoms with Crippen LogP contribution in [0.3, 0.4) is 0 Å². The van der Waals surface area contributed by atoms with Crippen molar-refractivity contribution >= 4 is 17.3 Å². The Hall–Kier alpha value is -2.49. The van der Waals surface area contributed by atoms with Crippen LogP contribution in [0, 0.1) is 13.8 Å². The van der Waals surface area contributed by atoms with E-state index in [1.807, 2.05) is 23.1 Å². The number of fused-ring (bicyclic) bond motifs is 1. The molecular weight excluding hydrogens is 300 g/mol. The van der Waals surface area contributed by atoms with Gasteiger partial charge in [0.2, 0.25) is 0 Å². The van der Waals surface area contributed by atoms with E-state index in [1.54, 1.807) is 0 Å². The van der Waals surface area contributed by atoms with Gasteiger partial charge in [0.05, 0.1) is 5.69 Å². The van der Waals surface area contributed by atoms with Gasteiger partial charge in [0.15, 0.2) is 6.10 Å². The molecule has 1 amide bonds. The van der Waals surface area contributed by atoms with Gasteiger partial charge in [0, 0.05) is 18.7 Å². The Morgan fingerprint density at radius 2 is 1.96 bits per heavy atom. The normalized spacial score (nSPS) is 16.7. The smallest absolute Gasteiger partial charge is 0.268 e. The molecule has 1 atom stereocenters. The van der Waals surface area contributed by atoms with Crippen molar-refractivity contribution in [2.24, 2.45) is 0 Å². The lowest BCUT2D eigenvalue weighted by Gasteiger charge is -2.34. The second kappa shape index (κ2) is 6.56. The lowest BCUT2D eigenvalue weighted by Crippen LogP contribution is -2.47. The second-order valence-electron chi connectivity index (χ2n) is 6.46. The quantitative estimate of drug-likeness (QED) is 0.874. The zero-order valence-corrected chi connectivity index (χ0v) is 14.5. The van der Waals surface area contributed by atoms with Gasteiger partial charge in [-0.3, -0.25) is 4.79 Å². The summed E-state index contributed by atoms with van der Waals surface area (Å²) in [5.41, 5.74) is 10.9. The Bertz CT molecular complexity index is 770. The number of nitrogen functional groups attached to an aromatic ring is 1. The van der Waals surface area contributed by atoms with E-state index >= 15 is 0 Å². The van der Waals surface area contributed by atoms with Crippen molar-refractivity contribution in [1.29, 1.82) is 0 Å². The highest BCUT2D eigenvalue weighted by atomic mass is 16.5. The first-order valence-corrected chi connectivity index (χ1v) is 8.43. The summed E-state index contributed by atoms with van der Waals surface area (Å²) >= 11 is 0. The SMILES string of the molecule is CCCN1C(=O)C(Cc2ccc(C)cc2C)Oc2ccc(N)cc21. The number of aryl methyl sites for hydroxylation is 2. The number of hydrogen-bond acceptors (Lipinski definition) is 3. The van der Waals surface area contributed by atoms with Crippen LogP contribution in [0.2, 0.25) is 0 Å². The molecule has 1 aliphatic rings. The second-order valence-corrected chi connectivity index (χ2v) is 6.46. The van der Waals surface area contributed by atoms with Crippen molar-refractivity contribution < 1.29 is 9.53 Å². The number of benzene rings is 2. The summed E-state index contributed by atoms with van der Waals surface area (Å²) in [6.45, 7) is 6.88. The zero-order chi connectivity index (χ0) is 17.3. The maximum Gasteiger partial charge on any atom is 0.268 e. The largest absolute Gasteiger partial charge is 0.478 e. The van der Waals surface area contributed by atoms with Crippen molar-refractivity contribution in [3.8, 4) is 5.75 Å². The first-order valence-electron chi connectivity index (χ1n) is 8.43. The number of amides is 1. The molecule has 2 N–H and O–H groups in total. The van der Waals surface area contributed by atoms with E-state index < -0.39 is 6.10 Å². The third-order valence-corrected chi connectivity index (χ3v) is 4.44. The molecule has 3 rings (SSSR count). The number of ether oxygens (including phenoxy) is 1. The number of rotatable bonds is 4. The summed E-state index contributed by atoms with van der Waals surface area (Å²) in [6.07, 6.45) is 0.972. The van der Waals surface area contributed by atoms with Crippen molar-refractivity contribution in [3.05, 3.63) is 53.1 Å². The Morgan fingerprint density at radius 1 is 1.17 bits per heavy atom. The van der Waals surface area contributed by atoms with E-state index in [2.05, 4.69) is 39.0 Å². The molecule has 0 fully saturated rings. The molecule has 0 spiro atoms. The number of nitrogens with zero attached hydrogens (tertiary/aromatic N) is 1. The molecule has 0 aliphatic carbocycles. The highest BCUT2D eigenvalue weighted by molar-refractivity contribution is 6.00. The van der Waals surface area contributed by atoms with E-state index in [9.17, 15) is 4.79 Å². The van der Waals surface area contributed by atoms with Crippen LogP contribution < -0.4 is 15.4 Å². The number of anilines is 2. The van der Waals surface area contributed by atoms with Gasteiger partial charge in [0.25, 0.3) is 5.91 Å². The van der Waals surface area contributed by atoms with E-state index in [0.29, 0.717) is 18.7 Å². The van der Waals surface area contributed by atoms with Crippen LogP contribution in [0.25, 0.3) is 0 Å². The van der Waals surface area contributed by atoms with Gasteiger partial charge in [0.1, 0.15) is 5.75 Å². The summed E-state index contributed by atoms with van der Waals surface area (Å²) in [4.78, 5) is 14.7. The van der Waals surface area contributed by atoms with Crippen molar-refractivity contribution in [2.45, 2.75) is 39.7 Å². The molecule has 1 heterocycles. The number of carbonyl (C=O) groups excluding carboxylic acids is 1. The summed E-state index contributed by atoms with van der Waals surface area (Å²) in [6, 6.07) is 11.8. The van der Waals surface area contributed by atoms with Gasteiger partial charge in [-0.05, 0) is 49.6 Å². The topological polar surface area (TPSA) is 55.6 Å². The molecule has 0 bridgehead atoms. The molecule has 1 unspecified atom stereocenters. The minimum absolute atomic E-state index is 0.00919. The van der Waals surface area contributed by atoms with E-state index in [4.69, 9.17) is 10.5 Å². The maximum atomic E-state index is 12.9. The molecule has 2 aromatic rings. The van der Waals surface area contributed by atoms with Gasteiger partial charge < -0.3 is 15.4 Å². The van der Waals surface area contributed by atoms with Gasteiger partial charge in [-0.1, -0.05) is 30.7 Å². The third-order valence-electron chi connectivity index (χ3n) is 4.44. The fraction of sp³-hybridized carbons (Fsp3) is 0.350. The van der Waals surface area contributed by atoms with Crippen molar-refractivity contribution in [1.82, 2.24) is 0 Å². The maximum absolute atomic E-state index is 12.9. The third kappa shape index (κ3) is 3.09.